The van der Waals surface area contributed by atoms with E-state index in [-0.39, 0.29) is 6.04 Å². The zero-order chi connectivity index (χ0) is 28.3. The number of pyridine rings is 2. The first-order chi connectivity index (χ1) is 19.4. The Labute approximate surface area is 232 Å². The molecule has 0 spiro atoms. The van der Waals surface area contributed by atoms with Crippen molar-refractivity contribution in [2.75, 3.05) is 17.7 Å². The van der Waals surface area contributed by atoms with Crippen LogP contribution in [0.25, 0.3) is 10.9 Å². The molecule has 4 aromatic rings. The summed E-state index contributed by atoms with van der Waals surface area (Å²) in [6.45, 7) is 2.06. The second-order valence-corrected chi connectivity index (χ2v) is 9.40. The van der Waals surface area contributed by atoms with E-state index in [9.17, 15) is 14.9 Å². The molecule has 4 N–H and O–H groups in total. The summed E-state index contributed by atoms with van der Waals surface area (Å²) in [7, 11) is 8.73. The highest BCUT2D eigenvalue weighted by Gasteiger charge is 2.34. The highest BCUT2D eigenvalue weighted by atomic mass is 19.1. The Balaban J connectivity index is 1.66. The monoisotopic (exact) mass is 529 g/mol. The number of hydrazine groups is 2. The Morgan fingerprint density at radius 2 is 1.85 bits per heavy atom. The number of halogens is 1. The van der Waals surface area contributed by atoms with Crippen molar-refractivity contribution >= 4 is 30.1 Å². The van der Waals surface area contributed by atoms with Crippen LogP contribution < -0.4 is 21.6 Å². The van der Waals surface area contributed by atoms with Crippen molar-refractivity contribution in [2.24, 2.45) is 0 Å². The largest absolute Gasteiger partial charge is 0.378 e. The van der Waals surface area contributed by atoms with Crippen LogP contribution in [0.4, 0.5) is 15.8 Å². The number of hydrogen-bond donors (Lipinski definition) is 4. The standard InChI is InChI=1S/C29H25BFN9/c1-3-24(18-7-5-4-6-8-18)36-28-20(14-33)15-35-27-19(13-32)11-22(12-23(27)28)37-29(30,25-17-40(2)39-38-25)21-9-10-26(31)34-16-21/h4-12,15-17,24,37-39H,3H2,1-2H3,(H,35,36)/t24-,29?/m1/s1. The molecule has 2 aromatic heterocycles. The quantitative estimate of drug-likeness (QED) is 0.195. The topological polar surface area (TPSA) is 125 Å². The molecule has 0 aliphatic carbocycles. The smallest absolute Gasteiger partial charge is 0.212 e. The van der Waals surface area contributed by atoms with E-state index in [0.29, 0.717) is 44.7 Å². The molecule has 9 nitrogen and oxygen atoms in total. The van der Waals surface area contributed by atoms with Crippen molar-refractivity contribution in [3.05, 3.63) is 107 Å². The van der Waals surface area contributed by atoms with Gasteiger partial charge in [0.25, 0.3) is 0 Å². The van der Waals surface area contributed by atoms with Crippen LogP contribution in [0.15, 0.2) is 78.9 Å². The highest BCUT2D eigenvalue weighted by molar-refractivity contribution is 6.19. The van der Waals surface area contributed by atoms with E-state index in [4.69, 9.17) is 7.85 Å². The number of fused-ring (bicyclic) bond motifs is 1. The minimum Gasteiger partial charge on any atom is -0.378 e. The summed E-state index contributed by atoms with van der Waals surface area (Å²) < 4.78 is 13.7. The third-order valence-electron chi connectivity index (χ3n) is 6.78. The van der Waals surface area contributed by atoms with Crippen LogP contribution in [-0.4, -0.2) is 29.9 Å². The maximum absolute atomic E-state index is 13.7. The van der Waals surface area contributed by atoms with Crippen molar-refractivity contribution in [2.45, 2.75) is 24.8 Å². The zero-order valence-corrected chi connectivity index (χ0v) is 21.9. The maximum atomic E-state index is 13.7. The van der Waals surface area contributed by atoms with Crippen LogP contribution in [0.3, 0.4) is 0 Å². The number of nitrogens with one attached hydrogen (secondary N) is 4. The number of benzene rings is 2. The van der Waals surface area contributed by atoms with Crippen LogP contribution in [0.5, 0.6) is 0 Å². The molecule has 1 aliphatic rings. The highest BCUT2D eigenvalue weighted by Crippen LogP contribution is 2.37. The summed E-state index contributed by atoms with van der Waals surface area (Å²) in [6.07, 6.45) is 5.33. The lowest BCUT2D eigenvalue weighted by molar-refractivity contribution is 0.325. The molecule has 2 aromatic carbocycles. The molecule has 0 saturated carbocycles. The summed E-state index contributed by atoms with van der Waals surface area (Å²) in [6, 6.07) is 20.5. The number of aromatic nitrogens is 2. The lowest BCUT2D eigenvalue weighted by Crippen LogP contribution is -2.45. The fourth-order valence-electron chi connectivity index (χ4n) is 4.72. The van der Waals surface area contributed by atoms with Crippen molar-refractivity contribution < 1.29 is 4.39 Å². The van der Waals surface area contributed by atoms with Gasteiger partial charge in [0.2, 0.25) is 5.95 Å². The van der Waals surface area contributed by atoms with Gasteiger partial charge in [-0.1, -0.05) is 43.3 Å². The Morgan fingerprint density at radius 3 is 2.48 bits per heavy atom. The SMILES string of the molecule is [B]C(Nc1cc(C#N)c2ncc(C#N)c(N[C@H](CC)c3ccccc3)c2c1)(C1=CN(C)NN1)c1ccc(F)nc1. The van der Waals surface area contributed by atoms with Gasteiger partial charge in [-0.15, -0.1) is 5.53 Å². The molecule has 196 valence electrons. The molecule has 0 saturated heterocycles. The average Bonchev–Trinajstić information content (AvgIpc) is 3.43. The van der Waals surface area contributed by atoms with Crippen molar-refractivity contribution in [1.82, 2.24) is 25.9 Å². The van der Waals surface area contributed by atoms with E-state index < -0.39 is 11.4 Å². The molecule has 2 radical (unpaired) electrons. The predicted octanol–water partition coefficient (Wildman–Crippen LogP) is 4.30. The first kappa shape index (κ1) is 26.5. The van der Waals surface area contributed by atoms with Gasteiger partial charge in [-0.3, -0.25) is 9.99 Å². The zero-order valence-electron chi connectivity index (χ0n) is 21.9. The van der Waals surface area contributed by atoms with Gasteiger partial charge < -0.3 is 16.1 Å². The van der Waals surface area contributed by atoms with Gasteiger partial charge in [-0.2, -0.15) is 14.9 Å². The number of rotatable bonds is 8. The molecule has 0 amide bonds. The Morgan fingerprint density at radius 1 is 1.07 bits per heavy atom. The lowest BCUT2D eigenvalue weighted by atomic mass is 9.70. The molecular weight excluding hydrogens is 504 g/mol. The van der Waals surface area contributed by atoms with Crippen LogP contribution in [0.1, 0.15) is 41.6 Å². The molecule has 5 rings (SSSR count). The van der Waals surface area contributed by atoms with Crippen LogP contribution >= 0.6 is 0 Å². The third kappa shape index (κ3) is 4.98. The predicted molar refractivity (Wildman–Crippen MR) is 152 cm³/mol. The lowest BCUT2D eigenvalue weighted by Gasteiger charge is -2.34. The number of nitrogens with zero attached hydrogens (tertiary/aromatic N) is 5. The minimum atomic E-state index is -1.40. The summed E-state index contributed by atoms with van der Waals surface area (Å²) in [5, 5.41) is 29.1. The van der Waals surface area contributed by atoms with E-state index in [1.165, 1.54) is 24.5 Å². The molecule has 1 unspecified atom stereocenters. The molecule has 11 heteroatoms. The van der Waals surface area contributed by atoms with E-state index in [1.807, 2.05) is 30.3 Å². The van der Waals surface area contributed by atoms with Gasteiger partial charge in [0.1, 0.15) is 20.0 Å². The Kier molecular flexibility index (Phi) is 7.24. The third-order valence-corrected chi connectivity index (χ3v) is 6.78. The fourth-order valence-corrected chi connectivity index (χ4v) is 4.72. The summed E-state index contributed by atoms with van der Waals surface area (Å²) in [4.78, 5) is 8.23. The van der Waals surface area contributed by atoms with Crippen molar-refractivity contribution in [3.8, 4) is 12.1 Å². The second-order valence-electron chi connectivity index (χ2n) is 9.40. The van der Waals surface area contributed by atoms with Gasteiger partial charge >= 0.3 is 0 Å². The Hall–Kier alpha value is -5.13. The number of hydrogen-bond acceptors (Lipinski definition) is 9. The fraction of sp³-hybridized carbons (Fsp3) is 0.172. The van der Waals surface area contributed by atoms with Crippen LogP contribution in [-0.2, 0) is 5.44 Å². The molecule has 0 fully saturated rings. The Bertz CT molecular complexity index is 1660. The maximum Gasteiger partial charge on any atom is 0.212 e. The minimum absolute atomic E-state index is 0.0885. The van der Waals surface area contributed by atoms with Gasteiger partial charge in [0.15, 0.2) is 0 Å². The summed E-state index contributed by atoms with van der Waals surface area (Å²) in [5.41, 5.74) is 8.75. The summed E-state index contributed by atoms with van der Waals surface area (Å²) in [5.74, 6) is -0.637. The van der Waals surface area contributed by atoms with Crippen LogP contribution in [0.2, 0.25) is 0 Å². The second kappa shape index (κ2) is 10.9. The first-order valence-electron chi connectivity index (χ1n) is 12.6. The molecular formula is C29H25BFN9. The molecule has 1 aliphatic heterocycles. The van der Waals surface area contributed by atoms with E-state index >= 15 is 0 Å². The molecule has 40 heavy (non-hydrogen) atoms. The van der Waals surface area contributed by atoms with E-state index in [1.54, 1.807) is 30.4 Å². The molecule has 0 bridgehead atoms. The first-order valence-corrected chi connectivity index (χ1v) is 12.6. The van der Waals surface area contributed by atoms with Crippen LogP contribution in [0, 0.1) is 28.6 Å². The normalized spacial score (nSPS) is 14.8. The summed E-state index contributed by atoms with van der Waals surface area (Å²) >= 11 is 0. The van der Waals surface area contributed by atoms with E-state index in [0.717, 1.165) is 12.0 Å². The van der Waals surface area contributed by atoms with Crippen molar-refractivity contribution in [1.29, 1.82) is 10.5 Å². The van der Waals surface area contributed by atoms with Gasteiger partial charge in [0.05, 0.1) is 39.5 Å². The molecule has 3 heterocycles. The average molecular weight is 529 g/mol. The number of nitriles is 2. The van der Waals surface area contributed by atoms with E-state index in [2.05, 4.69) is 50.6 Å². The number of anilines is 2. The molecule has 2 atom stereocenters. The van der Waals surface area contributed by atoms with Gasteiger partial charge in [-0.25, -0.2) is 4.98 Å². The van der Waals surface area contributed by atoms with Gasteiger partial charge in [-0.05, 0) is 35.7 Å². The van der Waals surface area contributed by atoms with Gasteiger partial charge in [0, 0.05) is 36.7 Å². The van der Waals surface area contributed by atoms with Crippen molar-refractivity contribution in [3.63, 3.8) is 0 Å².